The normalized spacial score (nSPS) is 12.5. The Hall–Kier alpha value is -1.69. The second-order valence-corrected chi connectivity index (χ2v) is 4.29. The summed E-state index contributed by atoms with van der Waals surface area (Å²) in [5.41, 5.74) is 5.69. The standard InChI is InChI=1S/C11H19N5O/c1-8(4-5-16(2)3)15-11(17)9-6-14-10(12)7-13-9/h6-8H,4-5H2,1-3H3,(H2,12,14)(H,15,17). The monoisotopic (exact) mass is 237 g/mol. The summed E-state index contributed by atoms with van der Waals surface area (Å²) in [5, 5.41) is 2.86. The van der Waals surface area contributed by atoms with Crippen molar-refractivity contribution < 1.29 is 4.79 Å². The summed E-state index contributed by atoms with van der Waals surface area (Å²) in [6.07, 6.45) is 3.64. The molecule has 0 aliphatic heterocycles. The van der Waals surface area contributed by atoms with E-state index in [0.717, 1.165) is 13.0 Å². The number of nitrogens with one attached hydrogen (secondary N) is 1. The fourth-order valence-electron chi connectivity index (χ4n) is 1.28. The molecule has 0 bridgehead atoms. The van der Waals surface area contributed by atoms with Crippen molar-refractivity contribution in [1.29, 1.82) is 0 Å². The SMILES string of the molecule is CC(CCN(C)C)NC(=O)c1cnc(N)cn1. The van der Waals surface area contributed by atoms with Gasteiger partial charge in [-0.3, -0.25) is 4.79 Å². The molecule has 0 saturated carbocycles. The number of anilines is 1. The molecule has 0 fully saturated rings. The molecule has 17 heavy (non-hydrogen) atoms. The molecule has 1 aromatic heterocycles. The fourth-order valence-corrected chi connectivity index (χ4v) is 1.28. The molecule has 6 heteroatoms. The van der Waals surface area contributed by atoms with E-state index in [0.29, 0.717) is 5.82 Å². The van der Waals surface area contributed by atoms with E-state index in [2.05, 4.69) is 20.2 Å². The first-order valence-corrected chi connectivity index (χ1v) is 5.52. The maximum absolute atomic E-state index is 11.7. The third-order valence-electron chi connectivity index (χ3n) is 2.29. The molecule has 6 nitrogen and oxygen atoms in total. The average molecular weight is 237 g/mol. The number of rotatable bonds is 5. The van der Waals surface area contributed by atoms with Crippen LogP contribution in [0.15, 0.2) is 12.4 Å². The fraction of sp³-hybridized carbons (Fsp3) is 0.545. The van der Waals surface area contributed by atoms with Crippen molar-refractivity contribution in [2.45, 2.75) is 19.4 Å². The molecular weight excluding hydrogens is 218 g/mol. The van der Waals surface area contributed by atoms with E-state index >= 15 is 0 Å². The minimum Gasteiger partial charge on any atom is -0.382 e. The number of aromatic nitrogens is 2. The molecule has 1 rings (SSSR count). The maximum atomic E-state index is 11.7. The van der Waals surface area contributed by atoms with Crippen LogP contribution in [-0.2, 0) is 0 Å². The first kappa shape index (κ1) is 13.4. The van der Waals surface area contributed by atoms with Gasteiger partial charge >= 0.3 is 0 Å². The molecule has 0 aromatic carbocycles. The van der Waals surface area contributed by atoms with Crippen LogP contribution in [0.3, 0.4) is 0 Å². The van der Waals surface area contributed by atoms with Crippen LogP contribution in [0, 0.1) is 0 Å². The number of amides is 1. The van der Waals surface area contributed by atoms with Crippen molar-refractivity contribution in [2.75, 3.05) is 26.4 Å². The number of nitrogen functional groups attached to an aromatic ring is 1. The lowest BCUT2D eigenvalue weighted by atomic mass is 10.2. The second-order valence-electron chi connectivity index (χ2n) is 4.29. The first-order valence-electron chi connectivity index (χ1n) is 5.52. The van der Waals surface area contributed by atoms with Gasteiger partial charge in [-0.05, 0) is 34.0 Å². The number of hydrogen-bond acceptors (Lipinski definition) is 5. The molecule has 1 atom stereocenters. The van der Waals surface area contributed by atoms with Gasteiger partial charge in [-0.15, -0.1) is 0 Å². The van der Waals surface area contributed by atoms with Gasteiger partial charge in [0.05, 0.1) is 12.4 Å². The molecule has 0 spiro atoms. The van der Waals surface area contributed by atoms with Crippen LogP contribution < -0.4 is 11.1 Å². The molecule has 1 unspecified atom stereocenters. The Morgan fingerprint density at radius 2 is 2.18 bits per heavy atom. The third kappa shape index (κ3) is 4.78. The largest absolute Gasteiger partial charge is 0.382 e. The van der Waals surface area contributed by atoms with Crippen molar-refractivity contribution in [1.82, 2.24) is 20.2 Å². The van der Waals surface area contributed by atoms with E-state index in [1.165, 1.54) is 12.4 Å². The van der Waals surface area contributed by atoms with Gasteiger partial charge in [0.15, 0.2) is 0 Å². The Labute approximate surface area is 101 Å². The smallest absolute Gasteiger partial charge is 0.271 e. The number of carbonyl (C=O) groups is 1. The van der Waals surface area contributed by atoms with Crippen LogP contribution in [0.1, 0.15) is 23.8 Å². The van der Waals surface area contributed by atoms with Crippen LogP contribution in [0.2, 0.25) is 0 Å². The minimum atomic E-state index is -0.219. The van der Waals surface area contributed by atoms with Gasteiger partial charge in [-0.1, -0.05) is 0 Å². The topological polar surface area (TPSA) is 84.1 Å². The van der Waals surface area contributed by atoms with Crippen molar-refractivity contribution in [3.63, 3.8) is 0 Å². The minimum absolute atomic E-state index is 0.101. The summed E-state index contributed by atoms with van der Waals surface area (Å²) in [4.78, 5) is 21.6. The highest BCUT2D eigenvalue weighted by Crippen LogP contribution is 1.98. The Bertz CT molecular complexity index is 363. The van der Waals surface area contributed by atoms with Crippen LogP contribution in [0.5, 0.6) is 0 Å². The van der Waals surface area contributed by atoms with Gasteiger partial charge in [0.2, 0.25) is 0 Å². The van der Waals surface area contributed by atoms with E-state index in [4.69, 9.17) is 5.73 Å². The quantitative estimate of drug-likeness (QED) is 0.760. The summed E-state index contributed by atoms with van der Waals surface area (Å²) >= 11 is 0. The maximum Gasteiger partial charge on any atom is 0.271 e. The van der Waals surface area contributed by atoms with Gasteiger partial charge in [0.25, 0.3) is 5.91 Å². The highest BCUT2D eigenvalue weighted by Gasteiger charge is 2.11. The van der Waals surface area contributed by atoms with Crippen molar-refractivity contribution in [3.05, 3.63) is 18.1 Å². The van der Waals surface area contributed by atoms with Crippen molar-refractivity contribution in [3.8, 4) is 0 Å². The Kier molecular flexibility index (Phi) is 4.84. The van der Waals surface area contributed by atoms with Crippen molar-refractivity contribution in [2.24, 2.45) is 0 Å². The molecule has 1 heterocycles. The molecule has 3 N–H and O–H groups in total. The number of nitrogens with two attached hydrogens (primary N) is 1. The van der Waals surface area contributed by atoms with Gasteiger partial charge in [0.1, 0.15) is 11.5 Å². The number of carbonyl (C=O) groups excluding carboxylic acids is 1. The van der Waals surface area contributed by atoms with Gasteiger partial charge in [-0.25, -0.2) is 9.97 Å². The number of nitrogens with zero attached hydrogens (tertiary/aromatic N) is 3. The average Bonchev–Trinajstić information content (AvgIpc) is 2.27. The highest BCUT2D eigenvalue weighted by molar-refractivity contribution is 5.92. The molecule has 0 saturated heterocycles. The van der Waals surface area contributed by atoms with E-state index < -0.39 is 0 Å². The lowest BCUT2D eigenvalue weighted by Crippen LogP contribution is -2.35. The lowest BCUT2D eigenvalue weighted by Gasteiger charge is -2.16. The van der Waals surface area contributed by atoms with E-state index in [-0.39, 0.29) is 17.6 Å². The van der Waals surface area contributed by atoms with Gasteiger partial charge in [-0.2, -0.15) is 0 Å². The third-order valence-corrected chi connectivity index (χ3v) is 2.29. The Balaban J connectivity index is 2.46. The summed E-state index contributed by atoms with van der Waals surface area (Å²) in [5.74, 6) is 0.0889. The number of hydrogen-bond donors (Lipinski definition) is 2. The van der Waals surface area contributed by atoms with E-state index in [1.54, 1.807) is 0 Å². The van der Waals surface area contributed by atoms with Crippen LogP contribution in [0.4, 0.5) is 5.82 Å². The Morgan fingerprint density at radius 1 is 1.47 bits per heavy atom. The molecule has 94 valence electrons. The molecule has 0 aliphatic rings. The zero-order valence-electron chi connectivity index (χ0n) is 10.5. The summed E-state index contributed by atoms with van der Waals surface area (Å²) in [6.45, 7) is 2.89. The highest BCUT2D eigenvalue weighted by atomic mass is 16.1. The van der Waals surface area contributed by atoms with Gasteiger partial charge in [0, 0.05) is 6.04 Å². The van der Waals surface area contributed by atoms with Gasteiger partial charge < -0.3 is 16.0 Å². The zero-order valence-corrected chi connectivity index (χ0v) is 10.5. The van der Waals surface area contributed by atoms with Crippen LogP contribution in [-0.4, -0.2) is 47.5 Å². The van der Waals surface area contributed by atoms with Crippen LogP contribution in [0.25, 0.3) is 0 Å². The van der Waals surface area contributed by atoms with Crippen LogP contribution >= 0.6 is 0 Å². The zero-order chi connectivity index (χ0) is 12.8. The predicted molar refractivity (Wildman–Crippen MR) is 66.5 cm³/mol. The first-order chi connectivity index (χ1) is 7.99. The molecule has 0 radical (unpaired) electrons. The molecule has 1 amide bonds. The van der Waals surface area contributed by atoms with Crippen molar-refractivity contribution >= 4 is 11.7 Å². The molecule has 1 aromatic rings. The summed E-state index contributed by atoms with van der Waals surface area (Å²) in [6, 6.07) is 0.101. The molecular formula is C11H19N5O. The molecule has 0 aliphatic carbocycles. The second kappa shape index (κ2) is 6.15. The summed E-state index contributed by atoms with van der Waals surface area (Å²) in [7, 11) is 4.00. The predicted octanol–water partition coefficient (Wildman–Crippen LogP) is 0.129. The lowest BCUT2D eigenvalue weighted by molar-refractivity contribution is 0.0931. The Morgan fingerprint density at radius 3 is 2.71 bits per heavy atom. The van der Waals surface area contributed by atoms with E-state index in [1.807, 2.05) is 21.0 Å². The summed E-state index contributed by atoms with van der Waals surface area (Å²) < 4.78 is 0. The van der Waals surface area contributed by atoms with E-state index in [9.17, 15) is 4.79 Å².